The van der Waals surface area contributed by atoms with Crippen LogP contribution in [-0.4, -0.2) is 31.0 Å². The van der Waals surface area contributed by atoms with E-state index in [9.17, 15) is 14.7 Å². The molecule has 0 aliphatic heterocycles. The molecule has 1 heterocycles. The van der Waals surface area contributed by atoms with Crippen LogP contribution in [0.4, 0.5) is 0 Å². The van der Waals surface area contributed by atoms with Crippen LogP contribution in [0.1, 0.15) is 50.6 Å². The predicted molar refractivity (Wildman–Crippen MR) is 128 cm³/mol. The van der Waals surface area contributed by atoms with Gasteiger partial charge in [-0.05, 0) is 68.5 Å². The molecule has 0 saturated carbocycles. The van der Waals surface area contributed by atoms with Crippen molar-refractivity contribution in [2.24, 2.45) is 0 Å². The summed E-state index contributed by atoms with van der Waals surface area (Å²) in [5.74, 6) is 0.286. The Labute approximate surface area is 198 Å². The topological polar surface area (TPSA) is 86.3 Å². The molecule has 0 unspecified atom stereocenters. The minimum atomic E-state index is -1.28. The lowest BCUT2D eigenvalue weighted by Crippen LogP contribution is -2.37. The minimum absolute atomic E-state index is 0.102. The number of halogens is 1. The molecular weight excluding hydrogens is 442 g/mol. The highest BCUT2D eigenvalue weighted by molar-refractivity contribution is 6.30. The molecule has 0 aliphatic carbocycles. The Balaban J connectivity index is 1.64. The molecule has 0 bridgehead atoms. The number of aromatic nitrogens is 3. The Kier molecular flexibility index (Phi) is 7.97. The first-order valence-electron chi connectivity index (χ1n) is 11.1. The zero-order valence-electron chi connectivity index (χ0n) is 19.3. The van der Waals surface area contributed by atoms with Crippen LogP contribution < -0.4 is 10.4 Å². The quantitative estimate of drug-likeness (QED) is 0.442. The molecule has 0 aliphatic rings. The molecule has 0 spiro atoms. The number of benzene rings is 2. The van der Waals surface area contributed by atoms with Gasteiger partial charge in [-0.3, -0.25) is 4.57 Å². The summed E-state index contributed by atoms with van der Waals surface area (Å²) in [6.45, 7) is 6.10. The zero-order valence-corrected chi connectivity index (χ0v) is 20.0. The number of aliphatic carboxylic acids is 1. The van der Waals surface area contributed by atoms with Crippen molar-refractivity contribution >= 4 is 17.6 Å². The van der Waals surface area contributed by atoms with Gasteiger partial charge in [0.05, 0.1) is 6.54 Å². The first-order valence-corrected chi connectivity index (χ1v) is 11.5. The molecule has 2 aromatic carbocycles. The van der Waals surface area contributed by atoms with Crippen LogP contribution in [0.25, 0.3) is 0 Å². The summed E-state index contributed by atoms with van der Waals surface area (Å²) >= 11 is 6.07. The van der Waals surface area contributed by atoms with Gasteiger partial charge in [0.1, 0.15) is 11.6 Å². The van der Waals surface area contributed by atoms with E-state index in [1.165, 1.54) is 18.5 Å². The van der Waals surface area contributed by atoms with Crippen molar-refractivity contribution < 1.29 is 14.6 Å². The van der Waals surface area contributed by atoms with E-state index in [1.54, 1.807) is 22.8 Å². The Hall–Kier alpha value is -3.06. The first kappa shape index (κ1) is 24.6. The van der Waals surface area contributed by atoms with Crippen molar-refractivity contribution in [1.29, 1.82) is 0 Å². The molecular formula is C25H30ClN3O4. The maximum atomic E-state index is 12.9. The highest BCUT2D eigenvalue weighted by atomic mass is 35.5. The molecule has 3 aromatic rings. The van der Waals surface area contributed by atoms with E-state index in [-0.39, 0.29) is 5.69 Å². The summed E-state index contributed by atoms with van der Waals surface area (Å²) in [5.41, 5.74) is 0.659. The molecule has 0 amide bonds. The smallest absolute Gasteiger partial charge is 0.347 e. The third kappa shape index (κ3) is 6.48. The normalized spacial score (nSPS) is 11.5. The standard InChI is InChI=1S/C25H30ClN3O4/c1-4-15-28-22(27-29(24(28)32)17-19-8-5-9-20(26)16-19)10-6-7-18-11-13-21(14-12-18)33-25(2,3)23(30)31/h5,8-9,11-14,16H,4,6-7,10,15,17H2,1-3H3,(H,30,31). The van der Waals surface area contributed by atoms with Gasteiger partial charge in [0.25, 0.3) is 0 Å². The maximum Gasteiger partial charge on any atom is 0.347 e. The second-order valence-electron chi connectivity index (χ2n) is 8.55. The summed E-state index contributed by atoms with van der Waals surface area (Å²) < 4.78 is 8.81. The SMILES string of the molecule is CCCn1c(CCCc2ccc(OC(C)(C)C(=O)O)cc2)nn(Cc2cccc(Cl)c2)c1=O. The molecule has 176 valence electrons. The first-order chi connectivity index (χ1) is 15.7. The minimum Gasteiger partial charge on any atom is -0.478 e. The number of rotatable bonds is 11. The highest BCUT2D eigenvalue weighted by Crippen LogP contribution is 2.20. The van der Waals surface area contributed by atoms with Crippen LogP contribution in [0, 0.1) is 0 Å². The van der Waals surface area contributed by atoms with Gasteiger partial charge in [0.2, 0.25) is 0 Å². The number of ether oxygens (including phenoxy) is 1. The second kappa shape index (κ2) is 10.7. The van der Waals surface area contributed by atoms with Crippen molar-refractivity contribution in [2.75, 3.05) is 0 Å². The number of carboxylic acids is 1. The molecule has 0 saturated heterocycles. The van der Waals surface area contributed by atoms with E-state index in [0.29, 0.717) is 30.3 Å². The predicted octanol–water partition coefficient (Wildman–Crippen LogP) is 4.57. The number of nitrogens with zero attached hydrogens (tertiary/aromatic N) is 3. The van der Waals surface area contributed by atoms with E-state index in [0.717, 1.165) is 36.2 Å². The molecule has 0 radical (unpaired) electrons. The second-order valence-corrected chi connectivity index (χ2v) is 8.99. The number of carbonyl (C=O) groups is 1. The summed E-state index contributed by atoms with van der Waals surface area (Å²) in [5, 5.41) is 14.4. The third-order valence-electron chi connectivity index (χ3n) is 5.35. The monoisotopic (exact) mass is 471 g/mol. The molecule has 0 atom stereocenters. The Morgan fingerprint density at radius 2 is 1.85 bits per heavy atom. The van der Waals surface area contributed by atoms with Gasteiger partial charge in [-0.25, -0.2) is 14.3 Å². The maximum absolute atomic E-state index is 12.9. The Morgan fingerprint density at radius 1 is 1.12 bits per heavy atom. The van der Waals surface area contributed by atoms with Crippen molar-refractivity contribution in [1.82, 2.24) is 14.3 Å². The molecule has 0 fully saturated rings. The Bertz CT molecular complexity index is 1150. The van der Waals surface area contributed by atoms with Gasteiger partial charge in [0.15, 0.2) is 5.60 Å². The largest absolute Gasteiger partial charge is 0.478 e. The van der Waals surface area contributed by atoms with Gasteiger partial charge in [-0.1, -0.05) is 42.8 Å². The third-order valence-corrected chi connectivity index (χ3v) is 5.58. The highest BCUT2D eigenvalue weighted by Gasteiger charge is 2.29. The van der Waals surface area contributed by atoms with Crippen LogP contribution in [-0.2, 0) is 30.7 Å². The summed E-state index contributed by atoms with van der Waals surface area (Å²) in [6, 6.07) is 14.9. The summed E-state index contributed by atoms with van der Waals surface area (Å²) in [7, 11) is 0. The molecule has 3 rings (SSSR count). The van der Waals surface area contributed by atoms with Gasteiger partial charge in [0, 0.05) is 18.0 Å². The number of carboxylic acid groups (broad SMARTS) is 1. The molecule has 1 N–H and O–H groups in total. The van der Waals surface area contributed by atoms with E-state index < -0.39 is 11.6 Å². The lowest BCUT2D eigenvalue weighted by Gasteiger charge is -2.21. The van der Waals surface area contributed by atoms with Gasteiger partial charge < -0.3 is 9.84 Å². The Morgan fingerprint density at radius 3 is 2.48 bits per heavy atom. The summed E-state index contributed by atoms with van der Waals surface area (Å²) in [4.78, 5) is 24.1. The van der Waals surface area contributed by atoms with Gasteiger partial charge >= 0.3 is 11.7 Å². The molecule has 1 aromatic heterocycles. The van der Waals surface area contributed by atoms with Crippen molar-refractivity contribution in [3.05, 3.63) is 81.0 Å². The zero-order chi connectivity index (χ0) is 24.0. The lowest BCUT2D eigenvalue weighted by molar-refractivity contribution is -0.152. The van der Waals surface area contributed by atoms with Crippen LogP contribution in [0.3, 0.4) is 0 Å². The molecule has 33 heavy (non-hydrogen) atoms. The van der Waals surface area contributed by atoms with Crippen LogP contribution in [0.2, 0.25) is 5.02 Å². The van der Waals surface area contributed by atoms with E-state index in [1.807, 2.05) is 37.3 Å². The van der Waals surface area contributed by atoms with Crippen molar-refractivity contribution in [3.8, 4) is 5.75 Å². The van der Waals surface area contributed by atoms with Gasteiger partial charge in [-0.15, -0.1) is 0 Å². The van der Waals surface area contributed by atoms with Crippen molar-refractivity contribution in [2.45, 2.75) is 65.1 Å². The lowest BCUT2D eigenvalue weighted by atomic mass is 10.1. The number of hydrogen-bond acceptors (Lipinski definition) is 4. The average Bonchev–Trinajstić information content (AvgIpc) is 3.04. The van der Waals surface area contributed by atoms with E-state index >= 15 is 0 Å². The van der Waals surface area contributed by atoms with Crippen molar-refractivity contribution in [3.63, 3.8) is 0 Å². The molecule has 7 nitrogen and oxygen atoms in total. The summed E-state index contributed by atoms with van der Waals surface area (Å²) in [6.07, 6.45) is 3.17. The number of hydrogen-bond donors (Lipinski definition) is 1. The van der Waals surface area contributed by atoms with E-state index in [2.05, 4.69) is 5.10 Å². The fourth-order valence-electron chi connectivity index (χ4n) is 3.54. The fourth-order valence-corrected chi connectivity index (χ4v) is 3.76. The number of aryl methyl sites for hydroxylation is 2. The van der Waals surface area contributed by atoms with Crippen LogP contribution in [0.5, 0.6) is 5.75 Å². The average molecular weight is 472 g/mol. The van der Waals surface area contributed by atoms with Crippen LogP contribution in [0.15, 0.2) is 53.3 Å². The van der Waals surface area contributed by atoms with E-state index in [4.69, 9.17) is 16.3 Å². The fraction of sp³-hybridized carbons (Fsp3) is 0.400. The molecule has 8 heteroatoms. The van der Waals surface area contributed by atoms with Crippen LogP contribution >= 0.6 is 11.6 Å². The van der Waals surface area contributed by atoms with Gasteiger partial charge in [-0.2, -0.15) is 5.10 Å².